The molecule has 0 aromatic carbocycles. The van der Waals surface area contributed by atoms with E-state index in [9.17, 15) is 0 Å². The van der Waals surface area contributed by atoms with Crippen molar-refractivity contribution in [3.05, 3.63) is 24.2 Å². The molecule has 0 aliphatic carbocycles. The molecule has 0 unspecified atom stereocenters. The van der Waals surface area contributed by atoms with Gasteiger partial charge in [0.15, 0.2) is 5.65 Å². The molecule has 0 atom stereocenters. The Balaban J connectivity index is 2.46. The SMILES string of the molecule is CCC(CC)c1cc2ncc(N)cn2n1. The fourth-order valence-electron chi connectivity index (χ4n) is 1.82. The van der Waals surface area contributed by atoms with Crippen LogP contribution in [0.4, 0.5) is 5.69 Å². The number of anilines is 1. The van der Waals surface area contributed by atoms with Crippen LogP contribution < -0.4 is 5.73 Å². The first kappa shape index (κ1) is 9.96. The molecule has 0 aliphatic rings. The van der Waals surface area contributed by atoms with Crippen molar-refractivity contribution < 1.29 is 0 Å². The molecule has 0 bridgehead atoms. The molecule has 0 spiro atoms. The van der Waals surface area contributed by atoms with Crippen molar-refractivity contribution in [2.24, 2.45) is 0 Å². The fraction of sp³-hybridized carbons (Fsp3) is 0.455. The van der Waals surface area contributed by atoms with Gasteiger partial charge in [-0.05, 0) is 12.8 Å². The van der Waals surface area contributed by atoms with Gasteiger partial charge in [0.2, 0.25) is 0 Å². The predicted octanol–water partition coefficient (Wildman–Crippen LogP) is 2.22. The van der Waals surface area contributed by atoms with Crippen LogP contribution in [0.3, 0.4) is 0 Å². The summed E-state index contributed by atoms with van der Waals surface area (Å²) in [6.45, 7) is 4.36. The van der Waals surface area contributed by atoms with Gasteiger partial charge in [-0.3, -0.25) is 0 Å². The normalized spacial score (nSPS) is 11.4. The van der Waals surface area contributed by atoms with Gasteiger partial charge >= 0.3 is 0 Å². The molecule has 0 saturated carbocycles. The summed E-state index contributed by atoms with van der Waals surface area (Å²) in [4.78, 5) is 4.23. The summed E-state index contributed by atoms with van der Waals surface area (Å²) in [6.07, 6.45) is 5.67. The second-order valence-corrected chi connectivity index (χ2v) is 3.77. The van der Waals surface area contributed by atoms with E-state index in [0.717, 1.165) is 24.2 Å². The Morgan fingerprint density at radius 2 is 2.13 bits per heavy atom. The first-order chi connectivity index (χ1) is 7.24. The first-order valence-corrected chi connectivity index (χ1v) is 5.35. The standard InChI is InChI=1S/C11H16N4/c1-3-8(4-2)10-5-11-13-6-9(12)7-15(11)14-10/h5-8H,3-4,12H2,1-2H3. The van der Waals surface area contributed by atoms with Crippen LogP contribution in [0.5, 0.6) is 0 Å². The number of hydrogen-bond donors (Lipinski definition) is 1. The minimum absolute atomic E-state index is 0.521. The van der Waals surface area contributed by atoms with E-state index in [0.29, 0.717) is 11.6 Å². The molecule has 80 valence electrons. The van der Waals surface area contributed by atoms with Crippen molar-refractivity contribution in [1.82, 2.24) is 14.6 Å². The summed E-state index contributed by atoms with van der Waals surface area (Å²) in [5.41, 5.74) is 8.27. The lowest BCUT2D eigenvalue weighted by Crippen LogP contribution is -1.97. The molecule has 0 fully saturated rings. The maximum Gasteiger partial charge on any atom is 0.155 e. The Hall–Kier alpha value is -1.58. The topological polar surface area (TPSA) is 56.2 Å². The molecular formula is C11H16N4. The lowest BCUT2D eigenvalue weighted by atomic mass is 10.00. The Kier molecular flexibility index (Phi) is 2.58. The van der Waals surface area contributed by atoms with Crippen LogP contribution in [-0.4, -0.2) is 14.6 Å². The largest absolute Gasteiger partial charge is 0.396 e. The van der Waals surface area contributed by atoms with Crippen molar-refractivity contribution in [3.8, 4) is 0 Å². The van der Waals surface area contributed by atoms with Crippen molar-refractivity contribution >= 4 is 11.3 Å². The Morgan fingerprint density at radius 1 is 1.40 bits per heavy atom. The highest BCUT2D eigenvalue weighted by atomic mass is 15.2. The number of aromatic nitrogens is 3. The van der Waals surface area contributed by atoms with Crippen LogP contribution in [0.25, 0.3) is 5.65 Å². The van der Waals surface area contributed by atoms with Crippen molar-refractivity contribution in [2.45, 2.75) is 32.6 Å². The van der Waals surface area contributed by atoms with E-state index in [2.05, 4.69) is 23.9 Å². The zero-order valence-corrected chi connectivity index (χ0v) is 9.14. The zero-order valence-electron chi connectivity index (χ0n) is 9.14. The molecule has 2 N–H and O–H groups in total. The average Bonchev–Trinajstić information content (AvgIpc) is 2.62. The molecule has 4 heteroatoms. The third-order valence-electron chi connectivity index (χ3n) is 2.76. The molecule has 0 radical (unpaired) electrons. The monoisotopic (exact) mass is 204 g/mol. The summed E-state index contributed by atoms with van der Waals surface area (Å²) in [6, 6.07) is 2.04. The van der Waals surface area contributed by atoms with Gasteiger partial charge in [0.25, 0.3) is 0 Å². The highest BCUT2D eigenvalue weighted by Gasteiger charge is 2.11. The first-order valence-electron chi connectivity index (χ1n) is 5.35. The zero-order chi connectivity index (χ0) is 10.8. The molecule has 2 rings (SSSR count). The average molecular weight is 204 g/mol. The number of nitrogens with two attached hydrogens (primary N) is 1. The highest BCUT2D eigenvalue weighted by molar-refractivity contribution is 5.44. The van der Waals surface area contributed by atoms with Gasteiger partial charge in [-0.15, -0.1) is 0 Å². The second kappa shape index (κ2) is 3.88. The molecule has 0 amide bonds. The van der Waals surface area contributed by atoms with E-state index < -0.39 is 0 Å². The summed E-state index contributed by atoms with van der Waals surface area (Å²) in [7, 11) is 0. The maximum atomic E-state index is 5.65. The van der Waals surface area contributed by atoms with Crippen molar-refractivity contribution in [1.29, 1.82) is 0 Å². The van der Waals surface area contributed by atoms with Gasteiger partial charge < -0.3 is 5.73 Å². The lowest BCUT2D eigenvalue weighted by Gasteiger charge is -2.06. The minimum Gasteiger partial charge on any atom is -0.396 e. The number of fused-ring (bicyclic) bond motifs is 1. The molecule has 2 aromatic rings. The van der Waals surface area contributed by atoms with E-state index >= 15 is 0 Å². The van der Waals surface area contributed by atoms with Crippen molar-refractivity contribution in [3.63, 3.8) is 0 Å². The number of nitrogen functional groups attached to an aromatic ring is 1. The van der Waals surface area contributed by atoms with Crippen LogP contribution in [0.1, 0.15) is 38.3 Å². The third-order valence-corrected chi connectivity index (χ3v) is 2.76. The Labute approximate surface area is 89.1 Å². The summed E-state index contributed by atoms with van der Waals surface area (Å²) < 4.78 is 1.75. The molecule has 4 nitrogen and oxygen atoms in total. The van der Waals surface area contributed by atoms with E-state index in [4.69, 9.17) is 5.73 Å². The van der Waals surface area contributed by atoms with Crippen LogP contribution in [0, 0.1) is 0 Å². The fourth-order valence-corrected chi connectivity index (χ4v) is 1.82. The van der Waals surface area contributed by atoms with Gasteiger partial charge in [-0.2, -0.15) is 5.10 Å². The number of hydrogen-bond acceptors (Lipinski definition) is 3. The minimum atomic E-state index is 0.521. The quantitative estimate of drug-likeness (QED) is 0.834. The molecule has 0 saturated heterocycles. The van der Waals surface area contributed by atoms with E-state index in [1.807, 2.05) is 6.07 Å². The number of rotatable bonds is 3. The Bertz CT molecular complexity index is 457. The van der Waals surface area contributed by atoms with Gasteiger partial charge in [0.1, 0.15) is 0 Å². The van der Waals surface area contributed by atoms with Crippen LogP contribution >= 0.6 is 0 Å². The molecular weight excluding hydrogens is 188 g/mol. The van der Waals surface area contributed by atoms with Crippen molar-refractivity contribution in [2.75, 3.05) is 5.73 Å². The summed E-state index contributed by atoms with van der Waals surface area (Å²) in [5.74, 6) is 0.521. The lowest BCUT2D eigenvalue weighted by molar-refractivity contribution is 0.616. The molecule has 2 heterocycles. The Morgan fingerprint density at radius 3 is 2.80 bits per heavy atom. The van der Waals surface area contributed by atoms with E-state index in [1.165, 1.54) is 0 Å². The van der Waals surface area contributed by atoms with Crippen LogP contribution in [0.2, 0.25) is 0 Å². The van der Waals surface area contributed by atoms with Gasteiger partial charge in [0.05, 0.1) is 23.8 Å². The smallest absolute Gasteiger partial charge is 0.155 e. The summed E-state index contributed by atoms with van der Waals surface area (Å²) >= 11 is 0. The van der Waals surface area contributed by atoms with Gasteiger partial charge in [0, 0.05) is 12.0 Å². The second-order valence-electron chi connectivity index (χ2n) is 3.77. The van der Waals surface area contributed by atoms with E-state index in [1.54, 1.807) is 16.9 Å². The van der Waals surface area contributed by atoms with Crippen LogP contribution in [-0.2, 0) is 0 Å². The third kappa shape index (κ3) is 1.79. The van der Waals surface area contributed by atoms with Crippen LogP contribution in [0.15, 0.2) is 18.5 Å². The van der Waals surface area contributed by atoms with E-state index in [-0.39, 0.29) is 0 Å². The molecule has 0 aliphatic heterocycles. The maximum absolute atomic E-state index is 5.65. The van der Waals surface area contributed by atoms with Gasteiger partial charge in [-0.1, -0.05) is 13.8 Å². The molecule has 15 heavy (non-hydrogen) atoms. The predicted molar refractivity (Wildman–Crippen MR) is 60.7 cm³/mol. The highest BCUT2D eigenvalue weighted by Crippen LogP contribution is 2.22. The number of nitrogens with zero attached hydrogens (tertiary/aromatic N) is 3. The van der Waals surface area contributed by atoms with Gasteiger partial charge in [-0.25, -0.2) is 9.50 Å². The summed E-state index contributed by atoms with van der Waals surface area (Å²) in [5, 5.41) is 4.49. The molecule has 2 aromatic heterocycles.